The third kappa shape index (κ3) is 1.60. The molecular weight excluding hydrogens is 148 g/mol. The lowest BCUT2D eigenvalue weighted by Crippen LogP contribution is -2.34. The Hall–Kier alpha value is -1.26. The topological polar surface area (TPSA) is 58.6 Å². The predicted molar refractivity (Wildman–Crippen MR) is 37.1 cm³/mol. The molecule has 0 aromatic heterocycles. The maximum absolute atomic E-state index is 10.9. The van der Waals surface area contributed by atoms with E-state index in [1.807, 2.05) is 0 Å². The van der Waals surface area contributed by atoms with Crippen LogP contribution in [0.25, 0.3) is 0 Å². The van der Waals surface area contributed by atoms with Gasteiger partial charge in [-0.15, -0.1) is 0 Å². The number of imide groups is 1. The van der Waals surface area contributed by atoms with Crippen LogP contribution < -0.4 is 5.32 Å². The standard InChI is InChI=1S/C6H10N2O3/c1-2-11-6(10)8-4-3-7-5(8)9/h2-4H2,1H3,(H,7,9). The molecule has 62 valence electrons. The van der Waals surface area contributed by atoms with E-state index in [1.165, 1.54) is 0 Å². The van der Waals surface area contributed by atoms with Crippen molar-refractivity contribution in [2.45, 2.75) is 6.92 Å². The first kappa shape index (κ1) is 7.84. The Morgan fingerprint density at radius 1 is 1.82 bits per heavy atom. The van der Waals surface area contributed by atoms with Crippen LogP contribution in [0.1, 0.15) is 6.92 Å². The van der Waals surface area contributed by atoms with E-state index in [4.69, 9.17) is 0 Å². The van der Waals surface area contributed by atoms with E-state index >= 15 is 0 Å². The van der Waals surface area contributed by atoms with Gasteiger partial charge in [-0.2, -0.15) is 0 Å². The second-order valence-corrected chi connectivity index (χ2v) is 2.08. The van der Waals surface area contributed by atoms with Crippen LogP contribution in [0.4, 0.5) is 9.59 Å². The van der Waals surface area contributed by atoms with Crippen LogP contribution >= 0.6 is 0 Å². The van der Waals surface area contributed by atoms with Gasteiger partial charge in [-0.3, -0.25) is 0 Å². The Bertz CT molecular complexity index is 181. The first-order chi connectivity index (χ1) is 5.25. The summed E-state index contributed by atoms with van der Waals surface area (Å²) in [5.74, 6) is 0. The molecule has 0 unspecified atom stereocenters. The molecule has 0 aliphatic carbocycles. The molecule has 1 rings (SSSR count). The van der Waals surface area contributed by atoms with Gasteiger partial charge in [-0.1, -0.05) is 0 Å². The Labute approximate surface area is 64.3 Å². The van der Waals surface area contributed by atoms with Crippen LogP contribution in [0.5, 0.6) is 0 Å². The maximum Gasteiger partial charge on any atom is 0.418 e. The van der Waals surface area contributed by atoms with Gasteiger partial charge in [0.1, 0.15) is 0 Å². The van der Waals surface area contributed by atoms with Gasteiger partial charge in [0.15, 0.2) is 0 Å². The summed E-state index contributed by atoms with van der Waals surface area (Å²) in [6, 6.07) is -0.372. The molecule has 1 aliphatic rings. The third-order valence-corrected chi connectivity index (χ3v) is 1.34. The number of rotatable bonds is 1. The Morgan fingerprint density at radius 3 is 3.00 bits per heavy atom. The van der Waals surface area contributed by atoms with Crippen molar-refractivity contribution in [3.63, 3.8) is 0 Å². The van der Waals surface area contributed by atoms with Gasteiger partial charge in [-0.25, -0.2) is 14.5 Å². The lowest BCUT2D eigenvalue weighted by Gasteiger charge is -2.10. The minimum absolute atomic E-state index is 0.294. The minimum Gasteiger partial charge on any atom is -0.449 e. The van der Waals surface area contributed by atoms with Crippen molar-refractivity contribution < 1.29 is 14.3 Å². The predicted octanol–water partition coefficient (Wildman–Crippen LogP) is 0.168. The molecule has 0 saturated carbocycles. The van der Waals surface area contributed by atoms with Crippen LogP contribution in [0.3, 0.4) is 0 Å². The number of urea groups is 1. The van der Waals surface area contributed by atoms with Gasteiger partial charge >= 0.3 is 12.1 Å². The zero-order chi connectivity index (χ0) is 8.27. The molecule has 0 bridgehead atoms. The molecule has 1 saturated heterocycles. The van der Waals surface area contributed by atoms with E-state index in [0.717, 1.165) is 4.90 Å². The highest BCUT2D eigenvalue weighted by Gasteiger charge is 2.26. The number of carbonyl (C=O) groups is 2. The lowest BCUT2D eigenvalue weighted by atomic mass is 10.6. The van der Waals surface area contributed by atoms with Crippen LogP contribution in [-0.4, -0.2) is 36.7 Å². The average Bonchev–Trinajstić information content (AvgIpc) is 2.36. The highest BCUT2D eigenvalue weighted by Crippen LogP contribution is 1.99. The summed E-state index contributed by atoms with van der Waals surface area (Å²) < 4.78 is 4.62. The first-order valence-corrected chi connectivity index (χ1v) is 3.48. The van der Waals surface area contributed by atoms with E-state index < -0.39 is 6.09 Å². The molecule has 1 heterocycles. The summed E-state index contributed by atoms with van der Waals surface area (Å²) in [4.78, 5) is 22.7. The second-order valence-electron chi connectivity index (χ2n) is 2.08. The van der Waals surface area contributed by atoms with Crippen LogP contribution in [0, 0.1) is 0 Å². The first-order valence-electron chi connectivity index (χ1n) is 3.48. The fraction of sp³-hybridized carbons (Fsp3) is 0.667. The second kappa shape index (κ2) is 3.23. The number of carbonyl (C=O) groups excluding carboxylic acids is 2. The molecule has 5 heteroatoms. The van der Waals surface area contributed by atoms with E-state index in [-0.39, 0.29) is 6.03 Å². The zero-order valence-electron chi connectivity index (χ0n) is 6.29. The van der Waals surface area contributed by atoms with Crippen molar-refractivity contribution >= 4 is 12.1 Å². The molecular formula is C6H10N2O3. The number of ether oxygens (including phenoxy) is 1. The van der Waals surface area contributed by atoms with E-state index in [0.29, 0.717) is 19.7 Å². The number of hydrogen-bond donors (Lipinski definition) is 1. The SMILES string of the molecule is CCOC(=O)N1CCNC1=O. The highest BCUT2D eigenvalue weighted by atomic mass is 16.6. The maximum atomic E-state index is 10.9. The fourth-order valence-electron chi connectivity index (χ4n) is 0.847. The van der Waals surface area contributed by atoms with Crippen molar-refractivity contribution in [1.82, 2.24) is 10.2 Å². The normalized spacial score (nSPS) is 16.5. The fourth-order valence-corrected chi connectivity index (χ4v) is 0.847. The van der Waals surface area contributed by atoms with E-state index in [1.54, 1.807) is 6.92 Å². The molecule has 0 radical (unpaired) electrons. The quantitative estimate of drug-likeness (QED) is 0.591. The number of nitrogens with zero attached hydrogens (tertiary/aromatic N) is 1. The van der Waals surface area contributed by atoms with Crippen molar-refractivity contribution in [1.29, 1.82) is 0 Å². The van der Waals surface area contributed by atoms with Crippen molar-refractivity contribution in [3.8, 4) is 0 Å². The molecule has 1 aliphatic heterocycles. The molecule has 3 amide bonds. The summed E-state index contributed by atoms with van der Waals surface area (Å²) in [6.07, 6.45) is -0.567. The smallest absolute Gasteiger partial charge is 0.418 e. The molecule has 0 aromatic carbocycles. The zero-order valence-corrected chi connectivity index (χ0v) is 6.29. The average molecular weight is 158 g/mol. The number of amides is 3. The van der Waals surface area contributed by atoms with Gasteiger partial charge in [0.2, 0.25) is 0 Å². The highest BCUT2D eigenvalue weighted by molar-refractivity contribution is 5.92. The Kier molecular flexibility index (Phi) is 2.30. The lowest BCUT2D eigenvalue weighted by molar-refractivity contribution is 0.121. The van der Waals surface area contributed by atoms with E-state index in [9.17, 15) is 9.59 Å². The molecule has 1 N–H and O–H groups in total. The third-order valence-electron chi connectivity index (χ3n) is 1.34. The van der Waals surface area contributed by atoms with E-state index in [2.05, 4.69) is 10.1 Å². The molecule has 11 heavy (non-hydrogen) atoms. The van der Waals surface area contributed by atoms with Crippen LogP contribution in [-0.2, 0) is 4.74 Å². The van der Waals surface area contributed by atoms with Crippen molar-refractivity contribution in [2.75, 3.05) is 19.7 Å². The summed E-state index contributed by atoms with van der Waals surface area (Å²) in [5, 5.41) is 2.50. The molecule has 0 spiro atoms. The minimum atomic E-state index is -0.567. The largest absolute Gasteiger partial charge is 0.449 e. The van der Waals surface area contributed by atoms with Gasteiger partial charge in [-0.05, 0) is 6.92 Å². The summed E-state index contributed by atoms with van der Waals surface area (Å²) in [5.41, 5.74) is 0. The Balaban J connectivity index is 2.46. The Morgan fingerprint density at radius 2 is 2.55 bits per heavy atom. The molecule has 0 atom stereocenters. The van der Waals surface area contributed by atoms with Gasteiger partial charge in [0, 0.05) is 6.54 Å². The van der Waals surface area contributed by atoms with Crippen LogP contribution in [0.2, 0.25) is 0 Å². The molecule has 1 fully saturated rings. The number of hydrogen-bond acceptors (Lipinski definition) is 3. The van der Waals surface area contributed by atoms with Gasteiger partial charge < -0.3 is 10.1 Å². The summed E-state index contributed by atoms with van der Waals surface area (Å²) in [7, 11) is 0. The summed E-state index contributed by atoms with van der Waals surface area (Å²) in [6.45, 7) is 2.91. The number of nitrogens with one attached hydrogen (secondary N) is 1. The molecule has 5 nitrogen and oxygen atoms in total. The summed E-state index contributed by atoms with van der Waals surface area (Å²) >= 11 is 0. The van der Waals surface area contributed by atoms with Crippen molar-refractivity contribution in [2.24, 2.45) is 0 Å². The van der Waals surface area contributed by atoms with Gasteiger partial charge in [0.25, 0.3) is 0 Å². The van der Waals surface area contributed by atoms with Gasteiger partial charge in [0.05, 0.1) is 13.2 Å². The molecule has 0 aromatic rings. The van der Waals surface area contributed by atoms with Crippen molar-refractivity contribution in [3.05, 3.63) is 0 Å². The van der Waals surface area contributed by atoms with Crippen LogP contribution in [0.15, 0.2) is 0 Å². The monoisotopic (exact) mass is 158 g/mol.